The van der Waals surface area contributed by atoms with E-state index in [2.05, 4.69) is 20.8 Å². The number of rotatable bonds is 5. The summed E-state index contributed by atoms with van der Waals surface area (Å²) < 4.78 is 26.5. The molecule has 26 heavy (non-hydrogen) atoms. The highest BCUT2D eigenvalue weighted by Crippen LogP contribution is 2.25. The molecule has 5 heteroatoms. The highest BCUT2D eigenvalue weighted by atomic mass is 19.1. The van der Waals surface area contributed by atoms with E-state index in [1.54, 1.807) is 7.05 Å². The molecule has 1 amide bonds. The topological polar surface area (TPSA) is 46.3 Å². The highest BCUT2D eigenvalue weighted by molar-refractivity contribution is 5.96. The first-order chi connectivity index (χ1) is 12.1. The summed E-state index contributed by atoms with van der Waals surface area (Å²) in [6, 6.07) is 10.4. The summed E-state index contributed by atoms with van der Waals surface area (Å²) in [5, 5.41) is 0. The molecule has 0 aliphatic heterocycles. The first-order valence-electron chi connectivity index (χ1n) is 8.66. The van der Waals surface area contributed by atoms with E-state index in [4.69, 9.17) is 5.73 Å². The number of carbonyl (C=O) groups is 1. The summed E-state index contributed by atoms with van der Waals surface area (Å²) in [5.74, 6) is -1.49. The lowest BCUT2D eigenvalue weighted by Crippen LogP contribution is -2.42. The lowest BCUT2D eigenvalue weighted by molar-refractivity contribution is -0.119. The van der Waals surface area contributed by atoms with Crippen LogP contribution < -0.4 is 10.6 Å². The summed E-state index contributed by atoms with van der Waals surface area (Å²) in [5.41, 5.74) is 8.47. The largest absolute Gasteiger partial charge is 0.320 e. The number of benzene rings is 2. The number of halogens is 2. The van der Waals surface area contributed by atoms with Crippen molar-refractivity contribution in [1.82, 2.24) is 0 Å². The molecule has 0 saturated carbocycles. The van der Waals surface area contributed by atoms with E-state index in [-0.39, 0.29) is 11.3 Å². The SMILES string of the molecule is CN(C(=O)[C@@H](N)CCc1cc(F)cc(F)c1)c1ccc(C(C)(C)C)cc1. The summed E-state index contributed by atoms with van der Waals surface area (Å²) in [6.45, 7) is 6.38. The lowest BCUT2D eigenvalue weighted by atomic mass is 9.87. The number of hydrogen-bond acceptors (Lipinski definition) is 2. The number of anilines is 1. The number of nitrogens with two attached hydrogens (primary N) is 1. The van der Waals surface area contributed by atoms with Crippen molar-refractivity contribution < 1.29 is 13.6 Å². The third-order valence-corrected chi connectivity index (χ3v) is 4.43. The Morgan fingerprint density at radius 3 is 2.12 bits per heavy atom. The van der Waals surface area contributed by atoms with Gasteiger partial charge in [0, 0.05) is 18.8 Å². The second-order valence-electron chi connectivity index (χ2n) is 7.62. The third kappa shape index (κ3) is 5.11. The number of hydrogen-bond donors (Lipinski definition) is 1. The molecule has 0 spiro atoms. The Balaban J connectivity index is 2.00. The van der Waals surface area contributed by atoms with Crippen molar-refractivity contribution in [2.75, 3.05) is 11.9 Å². The van der Waals surface area contributed by atoms with Crippen molar-refractivity contribution in [3.05, 3.63) is 65.2 Å². The Labute approximate surface area is 153 Å². The van der Waals surface area contributed by atoms with Gasteiger partial charge in [-0.2, -0.15) is 0 Å². The minimum atomic E-state index is -0.742. The minimum absolute atomic E-state index is 0.0394. The van der Waals surface area contributed by atoms with Gasteiger partial charge in [0.1, 0.15) is 11.6 Å². The normalized spacial score (nSPS) is 12.7. The average Bonchev–Trinajstić information content (AvgIpc) is 2.57. The van der Waals surface area contributed by atoms with Crippen LogP contribution in [-0.4, -0.2) is 19.0 Å². The van der Waals surface area contributed by atoms with E-state index in [9.17, 15) is 13.6 Å². The molecule has 140 valence electrons. The number of carbonyl (C=O) groups excluding carboxylic acids is 1. The van der Waals surface area contributed by atoms with Gasteiger partial charge in [-0.05, 0) is 53.6 Å². The Morgan fingerprint density at radius 1 is 1.08 bits per heavy atom. The fourth-order valence-corrected chi connectivity index (χ4v) is 2.76. The molecule has 0 aliphatic rings. The van der Waals surface area contributed by atoms with Crippen molar-refractivity contribution in [3.8, 4) is 0 Å². The molecular formula is C21H26F2N2O. The fourth-order valence-electron chi connectivity index (χ4n) is 2.76. The zero-order valence-electron chi connectivity index (χ0n) is 15.7. The number of likely N-dealkylation sites (N-methyl/N-ethyl adjacent to an activating group) is 1. The predicted octanol–water partition coefficient (Wildman–Crippen LogP) is 4.19. The van der Waals surface area contributed by atoms with Gasteiger partial charge in [-0.1, -0.05) is 32.9 Å². The number of nitrogens with zero attached hydrogens (tertiary/aromatic N) is 1. The van der Waals surface area contributed by atoms with Crippen LogP contribution in [0.3, 0.4) is 0 Å². The quantitative estimate of drug-likeness (QED) is 0.869. The zero-order chi connectivity index (χ0) is 19.5. The Kier molecular flexibility index (Phi) is 6.13. The van der Waals surface area contributed by atoms with Crippen molar-refractivity contribution in [1.29, 1.82) is 0 Å². The van der Waals surface area contributed by atoms with Crippen molar-refractivity contribution in [2.45, 2.75) is 45.1 Å². The molecule has 0 heterocycles. The van der Waals surface area contributed by atoms with Gasteiger partial charge in [0.25, 0.3) is 0 Å². The molecule has 0 radical (unpaired) electrons. The fraction of sp³-hybridized carbons (Fsp3) is 0.381. The molecule has 0 bridgehead atoms. The summed E-state index contributed by atoms with van der Waals surface area (Å²) in [7, 11) is 1.68. The number of aryl methyl sites for hydroxylation is 1. The molecule has 2 rings (SSSR count). The van der Waals surface area contributed by atoms with Crippen LogP contribution in [0.2, 0.25) is 0 Å². The van der Waals surface area contributed by atoms with Crippen molar-refractivity contribution in [3.63, 3.8) is 0 Å². The molecule has 3 nitrogen and oxygen atoms in total. The van der Waals surface area contributed by atoms with Crippen LogP contribution in [0.1, 0.15) is 38.3 Å². The average molecular weight is 360 g/mol. The molecule has 0 fully saturated rings. The van der Waals surface area contributed by atoms with Crippen LogP contribution >= 0.6 is 0 Å². The molecule has 2 aromatic carbocycles. The molecule has 0 unspecified atom stereocenters. The Bertz CT molecular complexity index is 746. The van der Waals surface area contributed by atoms with Gasteiger partial charge in [-0.15, -0.1) is 0 Å². The molecule has 0 aromatic heterocycles. The van der Waals surface area contributed by atoms with Crippen LogP contribution in [0.25, 0.3) is 0 Å². The lowest BCUT2D eigenvalue weighted by Gasteiger charge is -2.24. The second-order valence-corrected chi connectivity index (χ2v) is 7.62. The Hall–Kier alpha value is -2.27. The zero-order valence-corrected chi connectivity index (χ0v) is 15.7. The summed E-state index contributed by atoms with van der Waals surface area (Å²) in [4.78, 5) is 14.1. The molecule has 1 atom stereocenters. The smallest absolute Gasteiger partial charge is 0.243 e. The van der Waals surface area contributed by atoms with E-state index in [0.717, 1.165) is 11.8 Å². The van der Waals surface area contributed by atoms with E-state index >= 15 is 0 Å². The standard InChI is InChI=1S/C21H26F2N2O/c1-21(2,3)15-6-8-18(9-7-15)25(4)20(26)19(24)10-5-14-11-16(22)13-17(23)12-14/h6-9,11-13,19H,5,10,24H2,1-4H3/t19-/m0/s1. The maximum atomic E-state index is 13.2. The van der Waals surface area contributed by atoms with E-state index in [1.165, 1.54) is 22.6 Å². The Morgan fingerprint density at radius 2 is 1.62 bits per heavy atom. The van der Waals surface area contributed by atoms with Gasteiger partial charge >= 0.3 is 0 Å². The maximum Gasteiger partial charge on any atom is 0.243 e. The summed E-state index contributed by atoms with van der Waals surface area (Å²) >= 11 is 0. The first kappa shape index (κ1) is 20.0. The molecule has 0 saturated heterocycles. The minimum Gasteiger partial charge on any atom is -0.320 e. The monoisotopic (exact) mass is 360 g/mol. The van der Waals surface area contributed by atoms with Gasteiger partial charge in [-0.25, -0.2) is 8.78 Å². The van der Waals surface area contributed by atoms with Gasteiger partial charge in [0.15, 0.2) is 0 Å². The van der Waals surface area contributed by atoms with E-state index in [0.29, 0.717) is 18.4 Å². The van der Waals surface area contributed by atoms with Crippen LogP contribution in [0, 0.1) is 11.6 Å². The van der Waals surface area contributed by atoms with Gasteiger partial charge in [0.05, 0.1) is 6.04 Å². The van der Waals surface area contributed by atoms with Crippen molar-refractivity contribution in [2.24, 2.45) is 5.73 Å². The van der Waals surface area contributed by atoms with E-state index in [1.807, 2.05) is 24.3 Å². The van der Waals surface area contributed by atoms with Crippen LogP contribution in [0.4, 0.5) is 14.5 Å². The maximum absolute atomic E-state index is 13.2. The van der Waals surface area contributed by atoms with Crippen LogP contribution in [0.5, 0.6) is 0 Å². The molecular weight excluding hydrogens is 334 g/mol. The second kappa shape index (κ2) is 7.96. The van der Waals surface area contributed by atoms with Gasteiger partial charge < -0.3 is 10.6 Å². The van der Waals surface area contributed by atoms with Crippen molar-refractivity contribution >= 4 is 11.6 Å². The van der Waals surface area contributed by atoms with Crippen LogP contribution in [0.15, 0.2) is 42.5 Å². The first-order valence-corrected chi connectivity index (χ1v) is 8.66. The van der Waals surface area contributed by atoms with E-state index < -0.39 is 17.7 Å². The molecule has 2 aromatic rings. The third-order valence-electron chi connectivity index (χ3n) is 4.43. The molecule has 0 aliphatic carbocycles. The highest BCUT2D eigenvalue weighted by Gasteiger charge is 2.20. The number of amides is 1. The summed E-state index contributed by atoms with van der Waals surface area (Å²) in [6.07, 6.45) is 0.643. The predicted molar refractivity (Wildman–Crippen MR) is 101 cm³/mol. The van der Waals surface area contributed by atoms with Gasteiger partial charge in [0.2, 0.25) is 5.91 Å². The van der Waals surface area contributed by atoms with Gasteiger partial charge in [-0.3, -0.25) is 4.79 Å². The molecule has 2 N–H and O–H groups in total. The van der Waals surface area contributed by atoms with Crippen LogP contribution in [-0.2, 0) is 16.6 Å².